The first-order valence-electron chi connectivity index (χ1n) is 7.90. The summed E-state index contributed by atoms with van der Waals surface area (Å²) < 4.78 is 1.04. The summed E-state index contributed by atoms with van der Waals surface area (Å²) in [5.74, 6) is 4.23. The summed E-state index contributed by atoms with van der Waals surface area (Å²) in [5, 5.41) is 13.7. The molecule has 0 amide bonds. The third-order valence-electron chi connectivity index (χ3n) is 5.80. The number of aromatic hydroxyl groups is 1. The van der Waals surface area contributed by atoms with Gasteiger partial charge in [0.15, 0.2) is 0 Å². The van der Waals surface area contributed by atoms with Gasteiger partial charge in [-0.15, -0.1) is 0 Å². The van der Waals surface area contributed by atoms with Gasteiger partial charge in [-0.1, -0.05) is 15.9 Å². The van der Waals surface area contributed by atoms with Gasteiger partial charge >= 0.3 is 0 Å². The number of rotatable bonds is 3. The molecule has 108 valence electrons. The third kappa shape index (κ3) is 2.29. The highest BCUT2D eigenvalue weighted by Gasteiger charge is 2.47. The quantitative estimate of drug-likeness (QED) is 0.872. The van der Waals surface area contributed by atoms with Crippen molar-refractivity contribution in [2.75, 3.05) is 0 Å². The van der Waals surface area contributed by atoms with Gasteiger partial charge < -0.3 is 10.4 Å². The standard InChI is InChI=1S/C17H22BrNO/c18-15-1-2-16(20)14(8-15)9-19-17-12-4-10-3-11(6-12)7-13(17)5-10/h1-2,8,10-13,17,19-20H,3-7,9H2. The average molecular weight is 336 g/mol. The summed E-state index contributed by atoms with van der Waals surface area (Å²) >= 11 is 3.49. The molecule has 2 N–H and O–H groups in total. The minimum absolute atomic E-state index is 0.407. The fraction of sp³-hybridized carbons (Fsp3) is 0.647. The van der Waals surface area contributed by atoms with Crippen LogP contribution in [0.4, 0.5) is 0 Å². The molecule has 2 nitrogen and oxygen atoms in total. The minimum Gasteiger partial charge on any atom is -0.508 e. The summed E-state index contributed by atoms with van der Waals surface area (Å²) in [7, 11) is 0. The van der Waals surface area contributed by atoms with Crippen molar-refractivity contribution in [1.29, 1.82) is 0 Å². The molecule has 4 fully saturated rings. The molecule has 4 saturated carbocycles. The molecule has 0 heterocycles. The summed E-state index contributed by atoms with van der Waals surface area (Å²) in [4.78, 5) is 0. The van der Waals surface area contributed by atoms with Crippen LogP contribution in [-0.2, 0) is 6.54 Å². The maximum Gasteiger partial charge on any atom is 0.120 e. The van der Waals surface area contributed by atoms with Gasteiger partial charge in [0.1, 0.15) is 5.75 Å². The first-order valence-corrected chi connectivity index (χ1v) is 8.69. The van der Waals surface area contributed by atoms with Crippen LogP contribution in [0.15, 0.2) is 22.7 Å². The Kier molecular flexibility index (Phi) is 3.30. The van der Waals surface area contributed by atoms with E-state index in [1.165, 1.54) is 32.1 Å². The number of phenols is 1. The van der Waals surface area contributed by atoms with Crippen molar-refractivity contribution in [3.63, 3.8) is 0 Å². The largest absolute Gasteiger partial charge is 0.508 e. The lowest BCUT2D eigenvalue weighted by molar-refractivity contribution is -0.0143. The zero-order valence-corrected chi connectivity index (χ0v) is 13.3. The van der Waals surface area contributed by atoms with Crippen LogP contribution in [0.1, 0.15) is 37.7 Å². The van der Waals surface area contributed by atoms with Crippen LogP contribution in [0.3, 0.4) is 0 Å². The predicted octanol–water partition coefficient (Wildman–Crippen LogP) is 4.07. The van der Waals surface area contributed by atoms with Crippen molar-refractivity contribution in [2.24, 2.45) is 23.7 Å². The molecule has 0 spiro atoms. The fourth-order valence-electron chi connectivity index (χ4n) is 5.18. The SMILES string of the molecule is Oc1ccc(Br)cc1CNC1C2CC3CC(C2)CC1C3. The summed E-state index contributed by atoms with van der Waals surface area (Å²) in [6, 6.07) is 6.37. The topological polar surface area (TPSA) is 32.3 Å². The van der Waals surface area contributed by atoms with E-state index in [4.69, 9.17) is 0 Å². The van der Waals surface area contributed by atoms with Crippen LogP contribution in [0.2, 0.25) is 0 Å². The summed E-state index contributed by atoms with van der Waals surface area (Å²) in [5.41, 5.74) is 1.01. The first kappa shape index (κ1) is 13.1. The molecule has 0 aromatic heterocycles. The van der Waals surface area contributed by atoms with Crippen LogP contribution >= 0.6 is 15.9 Å². The van der Waals surface area contributed by atoms with Crippen molar-refractivity contribution < 1.29 is 5.11 Å². The average Bonchev–Trinajstić information content (AvgIpc) is 2.41. The second-order valence-corrected chi connectivity index (χ2v) is 8.03. The van der Waals surface area contributed by atoms with E-state index in [0.717, 1.165) is 40.3 Å². The number of hydrogen-bond acceptors (Lipinski definition) is 2. The molecule has 0 radical (unpaired) electrons. The van der Waals surface area contributed by atoms with Gasteiger partial charge in [-0.3, -0.25) is 0 Å². The molecule has 0 unspecified atom stereocenters. The van der Waals surface area contributed by atoms with E-state index in [1.807, 2.05) is 12.1 Å². The number of phenolic OH excluding ortho intramolecular Hbond substituents is 1. The molecule has 1 aromatic rings. The molecule has 0 atom stereocenters. The second kappa shape index (κ2) is 5.03. The third-order valence-corrected chi connectivity index (χ3v) is 6.29. The van der Waals surface area contributed by atoms with E-state index in [9.17, 15) is 5.11 Å². The molecule has 4 aliphatic carbocycles. The smallest absolute Gasteiger partial charge is 0.120 e. The van der Waals surface area contributed by atoms with Gasteiger partial charge in [0.05, 0.1) is 0 Å². The van der Waals surface area contributed by atoms with E-state index in [1.54, 1.807) is 6.07 Å². The second-order valence-electron chi connectivity index (χ2n) is 7.11. The number of nitrogens with one attached hydrogen (secondary N) is 1. The lowest BCUT2D eigenvalue weighted by atomic mass is 9.54. The van der Waals surface area contributed by atoms with Gasteiger partial charge in [0.2, 0.25) is 0 Å². The Bertz CT molecular complexity index is 488. The number of benzene rings is 1. The molecule has 20 heavy (non-hydrogen) atoms. The van der Waals surface area contributed by atoms with E-state index < -0.39 is 0 Å². The Balaban J connectivity index is 1.46. The van der Waals surface area contributed by atoms with Crippen molar-refractivity contribution in [2.45, 2.75) is 44.7 Å². The molecular formula is C17H22BrNO. The zero-order chi connectivity index (χ0) is 13.7. The van der Waals surface area contributed by atoms with E-state index >= 15 is 0 Å². The van der Waals surface area contributed by atoms with Crippen LogP contribution in [0.5, 0.6) is 5.75 Å². The van der Waals surface area contributed by atoms with Gasteiger partial charge in [-0.25, -0.2) is 0 Å². The van der Waals surface area contributed by atoms with E-state index in [2.05, 4.69) is 21.2 Å². The summed E-state index contributed by atoms with van der Waals surface area (Å²) in [6.45, 7) is 0.790. The Morgan fingerprint density at radius 3 is 2.35 bits per heavy atom. The molecule has 1 aromatic carbocycles. The van der Waals surface area contributed by atoms with Crippen molar-refractivity contribution >= 4 is 15.9 Å². The van der Waals surface area contributed by atoms with Gasteiger partial charge in [0.25, 0.3) is 0 Å². The molecule has 0 saturated heterocycles. The molecule has 4 bridgehead atoms. The van der Waals surface area contributed by atoms with E-state index in [-0.39, 0.29) is 0 Å². The van der Waals surface area contributed by atoms with Crippen molar-refractivity contribution in [3.8, 4) is 5.75 Å². The van der Waals surface area contributed by atoms with E-state index in [0.29, 0.717) is 11.8 Å². The lowest BCUT2D eigenvalue weighted by Crippen LogP contribution is -2.54. The lowest BCUT2D eigenvalue weighted by Gasteiger charge is -2.54. The van der Waals surface area contributed by atoms with Crippen LogP contribution in [0.25, 0.3) is 0 Å². The maximum absolute atomic E-state index is 9.96. The Hall–Kier alpha value is -0.540. The van der Waals surface area contributed by atoms with Crippen LogP contribution < -0.4 is 5.32 Å². The predicted molar refractivity (Wildman–Crippen MR) is 83.5 cm³/mol. The maximum atomic E-state index is 9.96. The molecule has 0 aliphatic heterocycles. The van der Waals surface area contributed by atoms with Gasteiger partial charge in [-0.05, 0) is 74.0 Å². The highest BCUT2D eigenvalue weighted by molar-refractivity contribution is 9.10. The Morgan fingerprint density at radius 2 is 1.70 bits per heavy atom. The van der Waals surface area contributed by atoms with Gasteiger partial charge in [-0.2, -0.15) is 0 Å². The van der Waals surface area contributed by atoms with Crippen molar-refractivity contribution in [1.82, 2.24) is 5.32 Å². The molecule has 4 aliphatic rings. The summed E-state index contributed by atoms with van der Waals surface area (Å²) in [6.07, 6.45) is 7.26. The molecule has 5 rings (SSSR count). The van der Waals surface area contributed by atoms with Crippen LogP contribution in [0, 0.1) is 23.7 Å². The fourth-order valence-corrected chi connectivity index (χ4v) is 5.59. The highest BCUT2D eigenvalue weighted by Crippen LogP contribution is 2.53. The van der Waals surface area contributed by atoms with Gasteiger partial charge in [0, 0.05) is 22.6 Å². The molecular weight excluding hydrogens is 314 g/mol. The Morgan fingerprint density at radius 1 is 1.05 bits per heavy atom. The first-order chi connectivity index (χ1) is 9.69. The normalized spacial score (nSPS) is 38.4. The highest BCUT2D eigenvalue weighted by atomic mass is 79.9. The monoisotopic (exact) mass is 335 g/mol. The zero-order valence-electron chi connectivity index (χ0n) is 11.7. The van der Waals surface area contributed by atoms with Crippen LogP contribution in [-0.4, -0.2) is 11.1 Å². The molecule has 3 heteroatoms. The van der Waals surface area contributed by atoms with Crippen molar-refractivity contribution in [3.05, 3.63) is 28.2 Å². The number of halogens is 1. The minimum atomic E-state index is 0.407. The Labute approximate surface area is 129 Å². The number of hydrogen-bond donors (Lipinski definition) is 2.